The molecule has 0 bridgehead atoms. The molecule has 96 valence electrons. The van der Waals surface area contributed by atoms with E-state index in [1.165, 1.54) is 6.07 Å². The third-order valence-corrected chi connectivity index (χ3v) is 2.93. The van der Waals surface area contributed by atoms with Crippen molar-refractivity contribution in [1.29, 1.82) is 0 Å². The average Bonchev–Trinajstić information content (AvgIpc) is 2.65. The number of aromatic nitrogens is 2. The van der Waals surface area contributed by atoms with Gasteiger partial charge in [-0.1, -0.05) is 13.8 Å². The van der Waals surface area contributed by atoms with E-state index in [0.717, 1.165) is 11.6 Å². The van der Waals surface area contributed by atoms with Gasteiger partial charge in [-0.3, -0.25) is 5.10 Å². The Morgan fingerprint density at radius 2 is 1.89 bits per heavy atom. The molecular formula is C13H15F2N3. The predicted molar refractivity (Wildman–Crippen MR) is 67.2 cm³/mol. The number of rotatable bonds is 2. The Labute approximate surface area is 104 Å². The molecule has 0 saturated heterocycles. The molecule has 0 fully saturated rings. The molecular weight excluding hydrogens is 236 g/mol. The third-order valence-electron chi connectivity index (χ3n) is 2.93. The van der Waals surface area contributed by atoms with E-state index in [0.29, 0.717) is 22.6 Å². The van der Waals surface area contributed by atoms with Crippen LogP contribution in [0.1, 0.15) is 30.9 Å². The summed E-state index contributed by atoms with van der Waals surface area (Å²) in [5.41, 5.74) is 7.70. The van der Waals surface area contributed by atoms with Gasteiger partial charge in [0, 0.05) is 17.2 Å². The van der Waals surface area contributed by atoms with Gasteiger partial charge in [0.15, 0.2) is 0 Å². The summed E-state index contributed by atoms with van der Waals surface area (Å²) < 4.78 is 27.1. The van der Waals surface area contributed by atoms with Gasteiger partial charge in [-0.05, 0) is 24.5 Å². The van der Waals surface area contributed by atoms with Crippen LogP contribution in [-0.2, 0) is 0 Å². The highest BCUT2D eigenvalue weighted by Crippen LogP contribution is 2.33. The van der Waals surface area contributed by atoms with E-state index >= 15 is 0 Å². The molecule has 0 radical (unpaired) electrons. The SMILES string of the molecule is Cc1cc(-c2[nH]nc(N)c2C(C)C)c(F)cc1F. The fraction of sp³-hybridized carbons (Fsp3) is 0.308. The van der Waals surface area contributed by atoms with Gasteiger partial charge < -0.3 is 5.73 Å². The topological polar surface area (TPSA) is 54.7 Å². The monoisotopic (exact) mass is 251 g/mol. The van der Waals surface area contributed by atoms with Crippen molar-refractivity contribution in [1.82, 2.24) is 10.2 Å². The minimum atomic E-state index is -0.622. The van der Waals surface area contributed by atoms with E-state index in [1.54, 1.807) is 6.92 Å². The first-order valence-corrected chi connectivity index (χ1v) is 5.71. The number of nitrogens with one attached hydrogen (secondary N) is 1. The second kappa shape index (κ2) is 4.40. The first-order valence-electron chi connectivity index (χ1n) is 5.71. The van der Waals surface area contributed by atoms with E-state index in [4.69, 9.17) is 5.73 Å². The average molecular weight is 251 g/mol. The number of anilines is 1. The highest BCUT2D eigenvalue weighted by molar-refractivity contribution is 5.70. The van der Waals surface area contributed by atoms with E-state index in [9.17, 15) is 8.78 Å². The molecule has 1 heterocycles. The molecule has 0 unspecified atom stereocenters. The lowest BCUT2D eigenvalue weighted by atomic mass is 9.97. The highest BCUT2D eigenvalue weighted by atomic mass is 19.1. The van der Waals surface area contributed by atoms with Gasteiger partial charge in [0.2, 0.25) is 0 Å². The number of hydrogen-bond donors (Lipinski definition) is 2. The molecule has 2 aromatic rings. The second-order valence-corrected chi connectivity index (χ2v) is 4.63. The lowest BCUT2D eigenvalue weighted by molar-refractivity contribution is 0.579. The molecule has 0 saturated carbocycles. The third kappa shape index (κ3) is 1.96. The number of nitrogens with two attached hydrogens (primary N) is 1. The molecule has 0 amide bonds. The lowest BCUT2D eigenvalue weighted by Crippen LogP contribution is -1.97. The molecule has 3 N–H and O–H groups in total. The van der Waals surface area contributed by atoms with Crippen molar-refractivity contribution in [3.63, 3.8) is 0 Å². The van der Waals surface area contributed by atoms with E-state index in [-0.39, 0.29) is 5.92 Å². The summed E-state index contributed by atoms with van der Waals surface area (Å²) in [6.45, 7) is 5.48. The largest absolute Gasteiger partial charge is 0.382 e. The summed E-state index contributed by atoms with van der Waals surface area (Å²) in [7, 11) is 0. The van der Waals surface area contributed by atoms with Gasteiger partial charge in [-0.25, -0.2) is 8.78 Å². The van der Waals surface area contributed by atoms with Crippen molar-refractivity contribution in [3.8, 4) is 11.3 Å². The number of aryl methyl sites for hydroxylation is 1. The number of benzene rings is 1. The molecule has 1 aromatic carbocycles. The summed E-state index contributed by atoms with van der Waals surface area (Å²) in [5.74, 6) is -0.733. The summed E-state index contributed by atoms with van der Waals surface area (Å²) in [4.78, 5) is 0. The maximum Gasteiger partial charge on any atom is 0.149 e. The fourth-order valence-electron chi connectivity index (χ4n) is 2.00. The van der Waals surface area contributed by atoms with E-state index in [2.05, 4.69) is 10.2 Å². The zero-order valence-corrected chi connectivity index (χ0v) is 10.5. The maximum absolute atomic E-state index is 13.8. The summed E-state index contributed by atoms with van der Waals surface area (Å²) >= 11 is 0. The Hall–Kier alpha value is -1.91. The van der Waals surface area contributed by atoms with Gasteiger partial charge in [0.25, 0.3) is 0 Å². The van der Waals surface area contributed by atoms with Gasteiger partial charge in [0.05, 0.1) is 5.69 Å². The molecule has 0 spiro atoms. The van der Waals surface area contributed by atoms with Crippen LogP contribution >= 0.6 is 0 Å². The van der Waals surface area contributed by atoms with Crippen molar-refractivity contribution in [2.45, 2.75) is 26.7 Å². The minimum Gasteiger partial charge on any atom is -0.382 e. The Bertz CT molecular complexity index is 588. The molecule has 0 aliphatic heterocycles. The number of aromatic amines is 1. The fourth-order valence-corrected chi connectivity index (χ4v) is 2.00. The molecule has 0 aliphatic carbocycles. The zero-order chi connectivity index (χ0) is 13.4. The standard InChI is InChI=1S/C13H15F2N3/c1-6(2)11-12(17-18-13(11)16)8-4-7(3)9(14)5-10(8)15/h4-6H,1-3H3,(H3,16,17,18). The van der Waals surface area contributed by atoms with Crippen LogP contribution in [-0.4, -0.2) is 10.2 Å². The van der Waals surface area contributed by atoms with Gasteiger partial charge in [-0.2, -0.15) is 5.10 Å². The maximum atomic E-state index is 13.8. The quantitative estimate of drug-likeness (QED) is 0.859. The van der Waals surface area contributed by atoms with Crippen LogP contribution in [0.15, 0.2) is 12.1 Å². The Balaban J connectivity index is 2.66. The van der Waals surface area contributed by atoms with Crippen LogP contribution in [0.3, 0.4) is 0 Å². The van der Waals surface area contributed by atoms with Gasteiger partial charge in [-0.15, -0.1) is 0 Å². The summed E-state index contributed by atoms with van der Waals surface area (Å²) in [5, 5.41) is 6.62. The van der Waals surface area contributed by atoms with Crippen molar-refractivity contribution in [3.05, 3.63) is 34.9 Å². The van der Waals surface area contributed by atoms with E-state index < -0.39 is 11.6 Å². The first-order chi connectivity index (χ1) is 8.41. The van der Waals surface area contributed by atoms with Crippen molar-refractivity contribution in [2.75, 3.05) is 5.73 Å². The number of H-pyrrole nitrogens is 1. The minimum absolute atomic E-state index is 0.100. The van der Waals surface area contributed by atoms with Crippen LogP contribution < -0.4 is 5.73 Å². The predicted octanol–water partition coefficient (Wildman–Crippen LogP) is 3.37. The molecule has 18 heavy (non-hydrogen) atoms. The Morgan fingerprint density at radius 1 is 1.22 bits per heavy atom. The molecule has 1 aromatic heterocycles. The van der Waals surface area contributed by atoms with E-state index in [1.807, 2.05) is 13.8 Å². The van der Waals surface area contributed by atoms with Gasteiger partial charge >= 0.3 is 0 Å². The number of halogens is 2. The highest BCUT2D eigenvalue weighted by Gasteiger charge is 2.19. The first kappa shape index (κ1) is 12.5. The molecule has 5 heteroatoms. The van der Waals surface area contributed by atoms with Crippen LogP contribution in [0.4, 0.5) is 14.6 Å². The van der Waals surface area contributed by atoms with Crippen LogP contribution in [0.5, 0.6) is 0 Å². The number of nitrogen functional groups attached to an aromatic ring is 1. The van der Waals surface area contributed by atoms with Crippen molar-refractivity contribution in [2.24, 2.45) is 0 Å². The Kier molecular flexibility index (Phi) is 3.07. The van der Waals surface area contributed by atoms with Gasteiger partial charge in [0.1, 0.15) is 17.5 Å². The second-order valence-electron chi connectivity index (χ2n) is 4.63. The van der Waals surface area contributed by atoms with Crippen LogP contribution in [0, 0.1) is 18.6 Å². The van der Waals surface area contributed by atoms with Crippen molar-refractivity contribution >= 4 is 5.82 Å². The zero-order valence-electron chi connectivity index (χ0n) is 10.5. The summed E-state index contributed by atoms with van der Waals surface area (Å²) in [6, 6.07) is 2.34. The lowest BCUT2D eigenvalue weighted by Gasteiger charge is -2.09. The molecule has 0 atom stereocenters. The van der Waals surface area contributed by atoms with Crippen LogP contribution in [0.25, 0.3) is 11.3 Å². The smallest absolute Gasteiger partial charge is 0.149 e. The Morgan fingerprint density at radius 3 is 2.50 bits per heavy atom. The van der Waals surface area contributed by atoms with Crippen molar-refractivity contribution < 1.29 is 8.78 Å². The number of nitrogens with zero attached hydrogens (tertiary/aromatic N) is 1. The molecule has 0 aliphatic rings. The van der Waals surface area contributed by atoms with Crippen LogP contribution in [0.2, 0.25) is 0 Å². The normalized spacial score (nSPS) is 11.2. The summed E-state index contributed by atoms with van der Waals surface area (Å²) in [6.07, 6.45) is 0. The molecule has 2 rings (SSSR count). The number of hydrogen-bond acceptors (Lipinski definition) is 2. The molecule has 3 nitrogen and oxygen atoms in total.